The van der Waals surface area contributed by atoms with Gasteiger partial charge < -0.3 is 15.7 Å². The molecule has 16 heavy (non-hydrogen) atoms. The maximum absolute atomic E-state index is 10.8. The van der Waals surface area contributed by atoms with E-state index >= 15 is 0 Å². The third kappa shape index (κ3) is 4.79. The van der Waals surface area contributed by atoms with Gasteiger partial charge in [-0.05, 0) is 38.1 Å². The third-order valence-corrected chi connectivity index (χ3v) is 1.93. The molecule has 0 atom stereocenters. The third-order valence-electron chi connectivity index (χ3n) is 1.93. The van der Waals surface area contributed by atoms with Crippen molar-refractivity contribution >= 4 is 17.3 Å². The summed E-state index contributed by atoms with van der Waals surface area (Å²) in [5, 5.41) is 15.3. The van der Waals surface area contributed by atoms with Crippen LogP contribution in [0.1, 0.15) is 20.8 Å². The molecule has 0 heterocycles. The second kappa shape index (κ2) is 4.99. The van der Waals surface area contributed by atoms with Gasteiger partial charge in [0.15, 0.2) is 0 Å². The number of anilines is 2. The van der Waals surface area contributed by atoms with Crippen LogP contribution in [0.4, 0.5) is 11.4 Å². The van der Waals surface area contributed by atoms with Crippen LogP contribution in [0.25, 0.3) is 0 Å². The van der Waals surface area contributed by atoms with Crippen molar-refractivity contribution < 1.29 is 9.90 Å². The molecule has 0 radical (unpaired) electrons. The Bertz CT molecular complexity index is 352. The smallest absolute Gasteiger partial charge is 0.221 e. The highest BCUT2D eigenvalue weighted by atomic mass is 16.3. The first kappa shape index (κ1) is 12.5. The molecule has 0 bridgehead atoms. The lowest BCUT2D eigenvalue weighted by atomic mass is 10.1. The minimum absolute atomic E-state index is 0.0859. The van der Waals surface area contributed by atoms with Gasteiger partial charge in [-0.15, -0.1) is 0 Å². The lowest BCUT2D eigenvalue weighted by Crippen LogP contribution is -2.29. The highest BCUT2D eigenvalue weighted by molar-refractivity contribution is 5.88. The van der Waals surface area contributed by atoms with Crippen LogP contribution < -0.4 is 10.6 Å². The number of nitrogens with one attached hydrogen (secondary N) is 2. The van der Waals surface area contributed by atoms with E-state index in [4.69, 9.17) is 0 Å². The molecule has 4 heteroatoms. The topological polar surface area (TPSA) is 61.4 Å². The van der Waals surface area contributed by atoms with Crippen LogP contribution >= 0.6 is 0 Å². The number of aliphatic hydroxyl groups is 1. The molecule has 0 spiro atoms. The number of amides is 1. The summed E-state index contributed by atoms with van der Waals surface area (Å²) in [5.74, 6) is -0.0859. The fourth-order valence-electron chi connectivity index (χ4n) is 1.19. The largest absolute Gasteiger partial charge is 0.389 e. The van der Waals surface area contributed by atoms with Crippen molar-refractivity contribution in [3.63, 3.8) is 0 Å². The number of hydrogen-bond donors (Lipinski definition) is 3. The molecule has 0 aliphatic carbocycles. The molecule has 88 valence electrons. The van der Waals surface area contributed by atoms with Crippen LogP contribution in [-0.2, 0) is 4.79 Å². The molecule has 1 amide bonds. The van der Waals surface area contributed by atoms with Gasteiger partial charge in [-0.25, -0.2) is 0 Å². The van der Waals surface area contributed by atoms with Crippen LogP contribution in [0.2, 0.25) is 0 Å². The Morgan fingerprint density at radius 2 is 1.75 bits per heavy atom. The summed E-state index contributed by atoms with van der Waals surface area (Å²) >= 11 is 0. The van der Waals surface area contributed by atoms with Crippen molar-refractivity contribution in [1.82, 2.24) is 0 Å². The van der Waals surface area contributed by atoms with Gasteiger partial charge in [-0.2, -0.15) is 0 Å². The van der Waals surface area contributed by atoms with Crippen molar-refractivity contribution in [1.29, 1.82) is 0 Å². The maximum Gasteiger partial charge on any atom is 0.221 e. The zero-order valence-corrected chi connectivity index (χ0v) is 9.87. The number of carbonyl (C=O) groups excluding carboxylic acids is 1. The van der Waals surface area contributed by atoms with Crippen LogP contribution in [-0.4, -0.2) is 23.2 Å². The Balaban J connectivity index is 2.55. The van der Waals surface area contributed by atoms with Crippen molar-refractivity contribution in [2.24, 2.45) is 0 Å². The second-order valence-electron chi connectivity index (χ2n) is 4.42. The summed E-state index contributed by atoms with van der Waals surface area (Å²) in [4.78, 5) is 10.8. The molecule has 0 aliphatic heterocycles. The molecular weight excluding hydrogens is 204 g/mol. The summed E-state index contributed by atoms with van der Waals surface area (Å²) in [6.45, 7) is 5.43. The molecule has 0 aliphatic rings. The minimum atomic E-state index is -0.740. The molecule has 0 fully saturated rings. The Labute approximate surface area is 95.7 Å². The van der Waals surface area contributed by atoms with Gasteiger partial charge in [0, 0.05) is 24.8 Å². The molecule has 0 saturated carbocycles. The predicted octanol–water partition coefficient (Wildman–Crippen LogP) is 1.83. The van der Waals surface area contributed by atoms with E-state index in [0.717, 1.165) is 11.4 Å². The second-order valence-corrected chi connectivity index (χ2v) is 4.42. The summed E-state index contributed by atoms with van der Waals surface area (Å²) in [6, 6.07) is 7.34. The molecule has 1 rings (SSSR count). The SMILES string of the molecule is CC(=O)Nc1ccc(NCC(C)(C)O)cc1. The van der Waals surface area contributed by atoms with Gasteiger partial charge in [0.2, 0.25) is 5.91 Å². The van der Waals surface area contributed by atoms with E-state index in [9.17, 15) is 9.90 Å². The number of benzene rings is 1. The highest BCUT2D eigenvalue weighted by Crippen LogP contribution is 2.14. The van der Waals surface area contributed by atoms with Gasteiger partial charge in [0.05, 0.1) is 5.60 Å². The van der Waals surface area contributed by atoms with Gasteiger partial charge in [0.25, 0.3) is 0 Å². The van der Waals surface area contributed by atoms with E-state index < -0.39 is 5.60 Å². The lowest BCUT2D eigenvalue weighted by Gasteiger charge is -2.18. The van der Waals surface area contributed by atoms with Crippen molar-refractivity contribution in [3.05, 3.63) is 24.3 Å². The van der Waals surface area contributed by atoms with Gasteiger partial charge in [-0.1, -0.05) is 0 Å². The summed E-state index contributed by atoms with van der Waals surface area (Å²) < 4.78 is 0. The van der Waals surface area contributed by atoms with Crippen molar-refractivity contribution in [3.8, 4) is 0 Å². The van der Waals surface area contributed by atoms with Gasteiger partial charge in [-0.3, -0.25) is 4.79 Å². The summed E-state index contributed by atoms with van der Waals surface area (Å²) in [6.07, 6.45) is 0. The quantitative estimate of drug-likeness (QED) is 0.728. The Morgan fingerprint density at radius 3 is 2.19 bits per heavy atom. The first-order chi connectivity index (χ1) is 7.37. The van der Waals surface area contributed by atoms with Crippen molar-refractivity contribution in [2.45, 2.75) is 26.4 Å². The molecule has 3 N–H and O–H groups in total. The Morgan fingerprint density at radius 1 is 1.25 bits per heavy atom. The molecule has 0 saturated heterocycles. The van der Waals surface area contributed by atoms with E-state index in [1.165, 1.54) is 6.92 Å². The Kier molecular flexibility index (Phi) is 3.90. The van der Waals surface area contributed by atoms with E-state index in [2.05, 4.69) is 10.6 Å². The van der Waals surface area contributed by atoms with E-state index in [1.54, 1.807) is 13.8 Å². The van der Waals surface area contributed by atoms with E-state index in [0.29, 0.717) is 6.54 Å². The molecular formula is C12H18N2O2. The zero-order valence-electron chi connectivity index (χ0n) is 9.87. The number of rotatable bonds is 4. The first-order valence-corrected chi connectivity index (χ1v) is 5.21. The highest BCUT2D eigenvalue weighted by Gasteiger charge is 2.11. The minimum Gasteiger partial charge on any atom is -0.389 e. The van der Waals surface area contributed by atoms with E-state index in [-0.39, 0.29) is 5.91 Å². The normalized spacial score (nSPS) is 11.0. The molecule has 0 unspecified atom stereocenters. The number of hydrogen-bond acceptors (Lipinski definition) is 3. The van der Waals surface area contributed by atoms with E-state index in [1.807, 2.05) is 24.3 Å². The fraction of sp³-hybridized carbons (Fsp3) is 0.417. The fourth-order valence-corrected chi connectivity index (χ4v) is 1.19. The van der Waals surface area contributed by atoms with Crippen LogP contribution in [0, 0.1) is 0 Å². The lowest BCUT2D eigenvalue weighted by molar-refractivity contribution is -0.114. The average Bonchev–Trinajstić information content (AvgIpc) is 2.14. The Hall–Kier alpha value is -1.55. The molecule has 4 nitrogen and oxygen atoms in total. The summed E-state index contributed by atoms with van der Waals surface area (Å²) in [7, 11) is 0. The molecule has 0 aromatic heterocycles. The molecule has 1 aromatic carbocycles. The standard InChI is InChI=1S/C12H18N2O2/c1-9(15)14-11-6-4-10(5-7-11)13-8-12(2,3)16/h4-7,13,16H,8H2,1-3H3,(H,14,15). The van der Waals surface area contributed by atoms with Gasteiger partial charge >= 0.3 is 0 Å². The molecule has 1 aromatic rings. The maximum atomic E-state index is 10.8. The van der Waals surface area contributed by atoms with Gasteiger partial charge in [0.1, 0.15) is 0 Å². The van der Waals surface area contributed by atoms with Crippen molar-refractivity contribution in [2.75, 3.05) is 17.2 Å². The van der Waals surface area contributed by atoms with Crippen LogP contribution in [0.5, 0.6) is 0 Å². The summed E-state index contributed by atoms with van der Waals surface area (Å²) in [5.41, 5.74) is 0.938. The average molecular weight is 222 g/mol. The number of carbonyl (C=O) groups is 1. The predicted molar refractivity (Wildman–Crippen MR) is 65.5 cm³/mol. The van der Waals surface area contributed by atoms with Crippen LogP contribution in [0.3, 0.4) is 0 Å². The monoisotopic (exact) mass is 222 g/mol. The van der Waals surface area contributed by atoms with Crippen LogP contribution in [0.15, 0.2) is 24.3 Å². The first-order valence-electron chi connectivity index (χ1n) is 5.21. The zero-order chi connectivity index (χ0) is 12.2.